The summed E-state index contributed by atoms with van der Waals surface area (Å²) >= 11 is 0. The van der Waals surface area contributed by atoms with Gasteiger partial charge in [0.15, 0.2) is 0 Å². The van der Waals surface area contributed by atoms with Crippen molar-refractivity contribution < 1.29 is 28.7 Å². The van der Waals surface area contributed by atoms with E-state index in [2.05, 4.69) is 0 Å². The molecule has 0 radical (unpaired) electrons. The summed E-state index contributed by atoms with van der Waals surface area (Å²) in [5.41, 5.74) is 1.75. The van der Waals surface area contributed by atoms with Crippen LogP contribution in [0.4, 0.5) is 11.4 Å². The number of hydrogen-bond donors (Lipinski definition) is 0. The quantitative estimate of drug-likeness (QED) is 0.418. The van der Waals surface area contributed by atoms with Crippen molar-refractivity contribution >= 4 is 35.1 Å². The molecule has 0 saturated carbocycles. The number of imide groups is 1. The van der Waals surface area contributed by atoms with E-state index >= 15 is 0 Å². The van der Waals surface area contributed by atoms with Crippen molar-refractivity contribution in [1.29, 1.82) is 0 Å². The molecule has 0 aliphatic carbocycles. The number of hydrogen-bond acceptors (Lipinski definition) is 6. The van der Waals surface area contributed by atoms with Crippen molar-refractivity contribution in [3.8, 4) is 11.5 Å². The van der Waals surface area contributed by atoms with Crippen LogP contribution in [0.25, 0.3) is 0 Å². The van der Waals surface area contributed by atoms with E-state index in [1.54, 1.807) is 43.3 Å². The van der Waals surface area contributed by atoms with Crippen LogP contribution < -0.4 is 19.3 Å². The molecule has 2 aromatic carbocycles. The van der Waals surface area contributed by atoms with Crippen LogP contribution in [0.5, 0.6) is 11.5 Å². The molecule has 31 heavy (non-hydrogen) atoms. The summed E-state index contributed by atoms with van der Waals surface area (Å²) in [5.74, 6) is -0.914. The maximum absolute atomic E-state index is 12.7. The zero-order valence-electron chi connectivity index (χ0n) is 17.3. The fraction of sp³-hybridized carbons (Fsp3) is 0.304. The number of anilines is 2. The minimum absolute atomic E-state index is 0.0464. The van der Waals surface area contributed by atoms with Gasteiger partial charge < -0.3 is 14.4 Å². The second-order valence-electron chi connectivity index (χ2n) is 7.57. The number of nitrogens with zero attached hydrogens (tertiary/aromatic N) is 2. The van der Waals surface area contributed by atoms with Gasteiger partial charge in [0, 0.05) is 25.8 Å². The van der Waals surface area contributed by atoms with E-state index in [0.717, 1.165) is 0 Å². The minimum atomic E-state index is -0.612. The molecule has 0 unspecified atom stereocenters. The SMILES string of the molecule is COc1ccccc1N1C[C@@H](C(=O)Oc2ccc(N3C(=O)CCC3=O)c(C)c2)CC1=O. The standard InChI is InChI=1S/C23H22N2O6/c1-14-11-16(7-8-17(14)25-20(26)9-10-21(25)27)31-23(29)15-12-22(28)24(13-15)18-5-3-4-6-19(18)30-2/h3-8,11,15H,9-10,12-13H2,1-2H3/t15-/m0/s1. The van der Waals surface area contributed by atoms with Gasteiger partial charge in [0.25, 0.3) is 0 Å². The highest BCUT2D eigenvalue weighted by Gasteiger charge is 2.37. The van der Waals surface area contributed by atoms with Crippen molar-refractivity contribution in [2.24, 2.45) is 5.92 Å². The van der Waals surface area contributed by atoms with Gasteiger partial charge in [0.1, 0.15) is 11.5 Å². The van der Waals surface area contributed by atoms with E-state index in [-0.39, 0.29) is 43.5 Å². The van der Waals surface area contributed by atoms with Crippen molar-refractivity contribution in [3.05, 3.63) is 48.0 Å². The Morgan fingerprint density at radius 2 is 1.68 bits per heavy atom. The van der Waals surface area contributed by atoms with Crippen LogP contribution in [0.15, 0.2) is 42.5 Å². The van der Waals surface area contributed by atoms with Crippen molar-refractivity contribution in [2.45, 2.75) is 26.2 Å². The molecule has 4 rings (SSSR count). The van der Waals surface area contributed by atoms with Gasteiger partial charge in [0.2, 0.25) is 17.7 Å². The average Bonchev–Trinajstić information content (AvgIpc) is 3.30. The summed E-state index contributed by atoms with van der Waals surface area (Å²) < 4.78 is 10.8. The van der Waals surface area contributed by atoms with Gasteiger partial charge >= 0.3 is 5.97 Å². The Morgan fingerprint density at radius 3 is 2.35 bits per heavy atom. The third kappa shape index (κ3) is 3.88. The Morgan fingerprint density at radius 1 is 0.968 bits per heavy atom. The first kappa shape index (κ1) is 20.6. The molecule has 0 bridgehead atoms. The normalized spacial score (nSPS) is 18.6. The molecule has 2 fully saturated rings. The van der Waals surface area contributed by atoms with E-state index < -0.39 is 11.9 Å². The third-order valence-electron chi connectivity index (χ3n) is 5.51. The topological polar surface area (TPSA) is 93.2 Å². The number of rotatable bonds is 5. The van der Waals surface area contributed by atoms with Gasteiger partial charge in [-0.3, -0.25) is 24.1 Å². The van der Waals surface area contributed by atoms with E-state index in [1.165, 1.54) is 16.9 Å². The Bertz CT molecular complexity index is 1060. The Hall–Kier alpha value is -3.68. The van der Waals surface area contributed by atoms with Crippen LogP contribution in [0.1, 0.15) is 24.8 Å². The maximum atomic E-state index is 12.7. The Labute approximate surface area is 179 Å². The van der Waals surface area contributed by atoms with Gasteiger partial charge in [-0.25, -0.2) is 0 Å². The summed E-state index contributed by atoms with van der Waals surface area (Å²) in [4.78, 5) is 51.9. The molecule has 8 nitrogen and oxygen atoms in total. The predicted octanol–water partition coefficient (Wildman–Crippen LogP) is 2.62. The fourth-order valence-corrected chi connectivity index (χ4v) is 3.94. The van der Waals surface area contributed by atoms with Crippen LogP contribution in [-0.4, -0.2) is 37.3 Å². The smallest absolute Gasteiger partial charge is 0.316 e. The van der Waals surface area contributed by atoms with Crippen molar-refractivity contribution in [3.63, 3.8) is 0 Å². The molecule has 2 aliphatic rings. The Balaban J connectivity index is 1.46. The lowest BCUT2D eigenvalue weighted by Gasteiger charge is -2.19. The highest BCUT2D eigenvalue weighted by Crippen LogP contribution is 2.34. The molecule has 1 atom stereocenters. The fourth-order valence-electron chi connectivity index (χ4n) is 3.94. The van der Waals surface area contributed by atoms with Crippen LogP contribution in [0, 0.1) is 12.8 Å². The molecule has 8 heteroatoms. The number of carbonyl (C=O) groups is 4. The van der Waals surface area contributed by atoms with Gasteiger partial charge in [-0.15, -0.1) is 0 Å². The van der Waals surface area contributed by atoms with Crippen LogP contribution in [0.2, 0.25) is 0 Å². The first-order valence-electron chi connectivity index (χ1n) is 10.0. The van der Waals surface area contributed by atoms with Gasteiger partial charge in [-0.1, -0.05) is 12.1 Å². The predicted molar refractivity (Wildman–Crippen MR) is 112 cm³/mol. The summed E-state index contributed by atoms with van der Waals surface area (Å²) in [6.07, 6.45) is 0.450. The molecule has 160 valence electrons. The second-order valence-corrected chi connectivity index (χ2v) is 7.57. The molecule has 0 aromatic heterocycles. The lowest BCUT2D eigenvalue weighted by atomic mass is 10.1. The van der Waals surface area contributed by atoms with Crippen LogP contribution >= 0.6 is 0 Å². The molecule has 2 saturated heterocycles. The van der Waals surface area contributed by atoms with E-state index in [9.17, 15) is 19.2 Å². The number of benzene rings is 2. The lowest BCUT2D eigenvalue weighted by molar-refractivity contribution is -0.139. The first-order valence-corrected chi connectivity index (χ1v) is 10.0. The molecular weight excluding hydrogens is 400 g/mol. The summed E-state index contributed by atoms with van der Waals surface area (Å²) in [6.45, 7) is 1.94. The van der Waals surface area contributed by atoms with Gasteiger partial charge in [-0.05, 0) is 42.8 Å². The molecule has 3 amide bonds. The van der Waals surface area contributed by atoms with Gasteiger partial charge in [0.05, 0.1) is 24.4 Å². The molecule has 2 aromatic rings. The lowest BCUT2D eigenvalue weighted by Crippen LogP contribution is -2.29. The summed E-state index contributed by atoms with van der Waals surface area (Å²) in [7, 11) is 1.53. The molecule has 2 aliphatic heterocycles. The number of para-hydroxylation sites is 2. The van der Waals surface area contributed by atoms with Crippen molar-refractivity contribution in [2.75, 3.05) is 23.5 Å². The van der Waals surface area contributed by atoms with E-state index in [1.807, 2.05) is 6.07 Å². The zero-order chi connectivity index (χ0) is 22.1. The zero-order valence-corrected chi connectivity index (χ0v) is 17.3. The van der Waals surface area contributed by atoms with Crippen LogP contribution in [-0.2, 0) is 19.2 Å². The molecule has 0 N–H and O–H groups in total. The highest BCUT2D eigenvalue weighted by molar-refractivity contribution is 6.20. The maximum Gasteiger partial charge on any atom is 0.316 e. The van der Waals surface area contributed by atoms with Gasteiger partial charge in [-0.2, -0.15) is 0 Å². The number of amides is 3. The average molecular weight is 422 g/mol. The van der Waals surface area contributed by atoms with Crippen LogP contribution in [0.3, 0.4) is 0 Å². The third-order valence-corrected chi connectivity index (χ3v) is 5.51. The van der Waals surface area contributed by atoms with E-state index in [0.29, 0.717) is 28.4 Å². The summed E-state index contributed by atoms with van der Waals surface area (Å²) in [5, 5.41) is 0. The summed E-state index contributed by atoms with van der Waals surface area (Å²) in [6, 6.07) is 11.9. The number of carbonyl (C=O) groups excluding carboxylic acids is 4. The largest absolute Gasteiger partial charge is 0.495 e. The van der Waals surface area contributed by atoms with Crippen molar-refractivity contribution in [1.82, 2.24) is 0 Å². The monoisotopic (exact) mass is 422 g/mol. The number of aryl methyl sites for hydroxylation is 1. The number of methoxy groups -OCH3 is 1. The second kappa shape index (κ2) is 8.22. The van der Waals surface area contributed by atoms with E-state index in [4.69, 9.17) is 9.47 Å². The molecular formula is C23H22N2O6. The minimum Gasteiger partial charge on any atom is -0.495 e. The first-order chi connectivity index (χ1) is 14.9. The number of esters is 1. The molecule has 2 heterocycles. The molecule has 0 spiro atoms. The number of ether oxygens (including phenoxy) is 2. The highest BCUT2D eigenvalue weighted by atomic mass is 16.5. The Kier molecular flexibility index (Phi) is 5.46.